The maximum atomic E-state index is 13.3. The van der Waals surface area contributed by atoms with Crippen molar-refractivity contribution in [2.75, 3.05) is 5.32 Å². The van der Waals surface area contributed by atoms with Crippen LogP contribution in [-0.2, 0) is 4.79 Å². The highest BCUT2D eigenvalue weighted by atomic mass is 19.1. The summed E-state index contributed by atoms with van der Waals surface area (Å²) >= 11 is 0. The van der Waals surface area contributed by atoms with Crippen molar-refractivity contribution < 1.29 is 9.18 Å². The van der Waals surface area contributed by atoms with Crippen LogP contribution in [0.1, 0.15) is 32.1 Å². The van der Waals surface area contributed by atoms with E-state index in [1.807, 2.05) is 0 Å². The van der Waals surface area contributed by atoms with Gasteiger partial charge in [0.15, 0.2) is 0 Å². The van der Waals surface area contributed by atoms with E-state index < -0.39 is 11.4 Å². The molecular formula is C13H17FN2O. The van der Waals surface area contributed by atoms with Crippen LogP contribution in [0.2, 0.25) is 0 Å². The summed E-state index contributed by atoms with van der Waals surface area (Å²) < 4.78 is 13.3. The molecule has 0 unspecified atom stereocenters. The Morgan fingerprint density at radius 3 is 2.65 bits per heavy atom. The van der Waals surface area contributed by atoms with Gasteiger partial charge in [-0.3, -0.25) is 4.79 Å². The molecule has 0 aliphatic heterocycles. The van der Waals surface area contributed by atoms with Gasteiger partial charge in [0.05, 0.1) is 5.69 Å². The zero-order valence-corrected chi connectivity index (χ0v) is 9.71. The summed E-state index contributed by atoms with van der Waals surface area (Å²) in [5.74, 6) is -0.627. The number of anilines is 1. The van der Waals surface area contributed by atoms with E-state index in [2.05, 4.69) is 5.32 Å². The van der Waals surface area contributed by atoms with Gasteiger partial charge in [-0.15, -0.1) is 0 Å². The fourth-order valence-corrected chi connectivity index (χ4v) is 2.33. The van der Waals surface area contributed by atoms with Gasteiger partial charge in [0.25, 0.3) is 0 Å². The molecule has 0 bridgehead atoms. The molecule has 1 fully saturated rings. The predicted octanol–water partition coefficient (Wildman–Crippen LogP) is 2.43. The number of nitrogens with two attached hydrogens (primary N) is 1. The van der Waals surface area contributed by atoms with Crippen LogP contribution in [0.5, 0.6) is 0 Å². The van der Waals surface area contributed by atoms with Crippen LogP contribution in [0.4, 0.5) is 10.1 Å². The number of benzene rings is 1. The summed E-state index contributed by atoms with van der Waals surface area (Å²) in [6.07, 6.45) is 4.16. The van der Waals surface area contributed by atoms with Gasteiger partial charge in [0.1, 0.15) is 5.82 Å². The number of carbonyl (C=O) groups excluding carboxylic acids is 1. The number of para-hydroxylation sites is 1. The lowest BCUT2D eigenvalue weighted by atomic mass is 9.94. The van der Waals surface area contributed by atoms with Crippen molar-refractivity contribution in [3.05, 3.63) is 30.1 Å². The van der Waals surface area contributed by atoms with E-state index in [0.717, 1.165) is 25.7 Å². The molecule has 2 rings (SSSR count). The maximum Gasteiger partial charge on any atom is 0.226 e. The quantitative estimate of drug-likeness (QED) is 0.846. The van der Waals surface area contributed by atoms with Crippen LogP contribution in [0.25, 0.3) is 0 Å². The topological polar surface area (TPSA) is 55.1 Å². The van der Waals surface area contributed by atoms with E-state index >= 15 is 0 Å². The van der Waals surface area contributed by atoms with Gasteiger partial charge >= 0.3 is 0 Å². The number of amides is 1. The Morgan fingerprint density at radius 2 is 2.00 bits per heavy atom. The molecule has 0 heterocycles. The van der Waals surface area contributed by atoms with E-state index in [0.29, 0.717) is 0 Å². The van der Waals surface area contributed by atoms with Crippen molar-refractivity contribution in [3.63, 3.8) is 0 Å². The fourth-order valence-electron chi connectivity index (χ4n) is 2.33. The Morgan fingerprint density at radius 1 is 1.35 bits per heavy atom. The Kier molecular flexibility index (Phi) is 3.43. The third kappa shape index (κ3) is 3.03. The van der Waals surface area contributed by atoms with Crippen LogP contribution in [-0.4, -0.2) is 11.4 Å². The molecule has 1 aromatic carbocycles. The summed E-state index contributed by atoms with van der Waals surface area (Å²) in [7, 11) is 0. The van der Waals surface area contributed by atoms with Gasteiger partial charge in [-0.25, -0.2) is 4.39 Å². The number of halogens is 1. The van der Waals surface area contributed by atoms with Gasteiger partial charge in [0, 0.05) is 12.0 Å². The highest BCUT2D eigenvalue weighted by Gasteiger charge is 2.31. The van der Waals surface area contributed by atoms with Crippen LogP contribution >= 0.6 is 0 Å². The third-order valence-electron chi connectivity index (χ3n) is 3.26. The average Bonchev–Trinajstić information content (AvgIpc) is 2.68. The molecule has 0 atom stereocenters. The van der Waals surface area contributed by atoms with Crippen molar-refractivity contribution in [2.24, 2.45) is 5.73 Å². The second-order valence-electron chi connectivity index (χ2n) is 4.77. The molecule has 17 heavy (non-hydrogen) atoms. The summed E-state index contributed by atoms with van der Waals surface area (Å²) in [6.45, 7) is 0. The molecule has 92 valence electrons. The molecule has 0 aromatic heterocycles. The zero-order chi connectivity index (χ0) is 12.3. The Balaban J connectivity index is 1.96. The molecule has 0 spiro atoms. The van der Waals surface area contributed by atoms with E-state index in [1.54, 1.807) is 18.2 Å². The van der Waals surface area contributed by atoms with Gasteiger partial charge < -0.3 is 11.1 Å². The number of hydrogen-bond donors (Lipinski definition) is 2. The molecule has 3 nitrogen and oxygen atoms in total. The van der Waals surface area contributed by atoms with Crippen LogP contribution < -0.4 is 11.1 Å². The van der Waals surface area contributed by atoms with Gasteiger partial charge in [0.2, 0.25) is 5.91 Å². The molecule has 1 aliphatic carbocycles. The van der Waals surface area contributed by atoms with Crippen molar-refractivity contribution in [2.45, 2.75) is 37.6 Å². The first kappa shape index (κ1) is 12.0. The molecule has 4 heteroatoms. The average molecular weight is 236 g/mol. The number of hydrogen-bond acceptors (Lipinski definition) is 2. The molecule has 1 amide bonds. The van der Waals surface area contributed by atoms with Crippen molar-refractivity contribution in [1.82, 2.24) is 0 Å². The summed E-state index contributed by atoms with van der Waals surface area (Å²) in [4.78, 5) is 11.8. The molecule has 1 aromatic rings. The second kappa shape index (κ2) is 4.84. The highest BCUT2D eigenvalue weighted by Crippen LogP contribution is 2.30. The van der Waals surface area contributed by atoms with Crippen LogP contribution in [0, 0.1) is 5.82 Å². The minimum Gasteiger partial charge on any atom is -0.325 e. The highest BCUT2D eigenvalue weighted by molar-refractivity contribution is 5.91. The van der Waals surface area contributed by atoms with Crippen molar-refractivity contribution >= 4 is 11.6 Å². The first-order valence-corrected chi connectivity index (χ1v) is 5.92. The minimum atomic E-state index is -0.418. The van der Waals surface area contributed by atoms with Gasteiger partial charge in [-0.1, -0.05) is 25.0 Å². The van der Waals surface area contributed by atoms with E-state index in [4.69, 9.17) is 5.73 Å². The van der Waals surface area contributed by atoms with Crippen molar-refractivity contribution in [1.29, 1.82) is 0 Å². The van der Waals surface area contributed by atoms with E-state index in [1.165, 1.54) is 6.07 Å². The predicted molar refractivity (Wildman–Crippen MR) is 65.0 cm³/mol. The molecule has 1 saturated carbocycles. The summed E-state index contributed by atoms with van der Waals surface area (Å²) in [5.41, 5.74) is 5.92. The molecule has 0 saturated heterocycles. The van der Waals surface area contributed by atoms with Gasteiger partial charge in [-0.2, -0.15) is 0 Å². The summed E-state index contributed by atoms with van der Waals surface area (Å²) in [5, 5.41) is 2.57. The first-order chi connectivity index (χ1) is 8.09. The third-order valence-corrected chi connectivity index (χ3v) is 3.26. The Bertz CT molecular complexity index is 414. The monoisotopic (exact) mass is 236 g/mol. The molecular weight excluding hydrogens is 219 g/mol. The Labute approximate surface area is 100 Å². The van der Waals surface area contributed by atoms with Crippen LogP contribution in [0.15, 0.2) is 24.3 Å². The minimum absolute atomic E-state index is 0.209. The second-order valence-corrected chi connectivity index (χ2v) is 4.77. The maximum absolute atomic E-state index is 13.3. The SMILES string of the molecule is NC1(CC(=O)Nc2ccccc2F)CCCC1. The smallest absolute Gasteiger partial charge is 0.226 e. The number of carbonyl (C=O) groups is 1. The lowest BCUT2D eigenvalue weighted by molar-refractivity contribution is -0.117. The summed E-state index contributed by atoms with van der Waals surface area (Å²) in [6, 6.07) is 6.15. The van der Waals surface area contributed by atoms with Crippen molar-refractivity contribution in [3.8, 4) is 0 Å². The number of rotatable bonds is 3. The van der Waals surface area contributed by atoms with E-state index in [9.17, 15) is 9.18 Å². The van der Waals surface area contributed by atoms with E-state index in [-0.39, 0.29) is 18.0 Å². The standard InChI is InChI=1S/C13H17FN2O/c14-10-5-1-2-6-11(10)16-12(17)9-13(15)7-3-4-8-13/h1-2,5-6H,3-4,7-9,15H2,(H,16,17). The van der Waals surface area contributed by atoms with Gasteiger partial charge in [-0.05, 0) is 25.0 Å². The lowest BCUT2D eigenvalue weighted by Crippen LogP contribution is -2.40. The number of nitrogens with one attached hydrogen (secondary N) is 1. The molecule has 0 radical (unpaired) electrons. The fraction of sp³-hybridized carbons (Fsp3) is 0.462. The van der Waals surface area contributed by atoms with Crippen LogP contribution in [0.3, 0.4) is 0 Å². The normalized spacial score (nSPS) is 18.0. The Hall–Kier alpha value is -1.42. The molecule has 3 N–H and O–H groups in total. The molecule has 1 aliphatic rings. The zero-order valence-electron chi connectivity index (χ0n) is 9.71. The lowest BCUT2D eigenvalue weighted by Gasteiger charge is -2.22. The first-order valence-electron chi connectivity index (χ1n) is 5.92. The largest absolute Gasteiger partial charge is 0.325 e.